The van der Waals surface area contributed by atoms with Crippen LogP contribution in [0.4, 0.5) is 0 Å². The minimum atomic E-state index is -0.0270. The fourth-order valence-corrected chi connectivity index (χ4v) is 1.14. The van der Waals surface area contributed by atoms with E-state index in [0.29, 0.717) is 5.88 Å². The van der Waals surface area contributed by atoms with Gasteiger partial charge < -0.3 is 0 Å². The van der Waals surface area contributed by atoms with E-state index >= 15 is 0 Å². The molecule has 0 aliphatic carbocycles. The first kappa shape index (κ1) is 11.4. The first-order valence-corrected chi connectivity index (χ1v) is 5.13. The summed E-state index contributed by atoms with van der Waals surface area (Å²) in [4.78, 5) is 10.5. The van der Waals surface area contributed by atoms with Gasteiger partial charge in [-0.1, -0.05) is 0 Å². The monoisotopic (exact) mass is 213 g/mol. The van der Waals surface area contributed by atoms with Gasteiger partial charge in [-0.2, -0.15) is 0 Å². The van der Waals surface area contributed by atoms with Crippen LogP contribution in [0.1, 0.15) is 19.7 Å². The summed E-state index contributed by atoms with van der Waals surface area (Å²) in [5.74, 6) is 1.42. The maximum Gasteiger partial charge on any atom is 0.142 e. The number of aromatic nitrogens is 2. The van der Waals surface area contributed by atoms with Crippen molar-refractivity contribution in [3.05, 3.63) is 24.3 Å². The van der Waals surface area contributed by atoms with E-state index in [4.69, 9.17) is 11.6 Å². The number of hydrogen-bond donors (Lipinski definition) is 0. The van der Waals surface area contributed by atoms with Crippen molar-refractivity contribution < 1.29 is 0 Å². The number of hydrogen-bond acceptors (Lipinski definition) is 3. The van der Waals surface area contributed by atoms with E-state index in [0.717, 1.165) is 12.4 Å². The fraction of sp³-hybridized carbons (Fsp3) is 0.600. The minimum absolute atomic E-state index is 0.0270. The highest BCUT2D eigenvalue weighted by Crippen LogP contribution is 2.15. The first-order chi connectivity index (χ1) is 6.56. The smallest absolute Gasteiger partial charge is 0.142 e. The van der Waals surface area contributed by atoms with Crippen molar-refractivity contribution in [2.75, 3.05) is 12.9 Å². The lowest BCUT2D eigenvalue weighted by molar-refractivity contribution is 0.166. The molecular weight excluding hydrogens is 198 g/mol. The van der Waals surface area contributed by atoms with Gasteiger partial charge in [-0.05, 0) is 27.0 Å². The topological polar surface area (TPSA) is 29.0 Å². The van der Waals surface area contributed by atoms with Crippen LogP contribution in [0.5, 0.6) is 0 Å². The van der Waals surface area contributed by atoms with Crippen molar-refractivity contribution in [1.82, 2.24) is 14.9 Å². The zero-order valence-electron chi connectivity index (χ0n) is 8.87. The summed E-state index contributed by atoms with van der Waals surface area (Å²) in [6, 6.07) is 1.82. The summed E-state index contributed by atoms with van der Waals surface area (Å²) in [7, 11) is 2.03. The van der Waals surface area contributed by atoms with Gasteiger partial charge in [-0.25, -0.2) is 9.97 Å². The second kappa shape index (κ2) is 4.71. The van der Waals surface area contributed by atoms with E-state index in [9.17, 15) is 0 Å². The molecule has 0 N–H and O–H groups in total. The molecule has 0 amide bonds. The Kier molecular flexibility index (Phi) is 3.84. The average molecular weight is 214 g/mol. The third-order valence-corrected chi connectivity index (χ3v) is 3.01. The molecule has 1 aromatic heterocycles. The molecule has 0 aromatic carbocycles. The van der Waals surface area contributed by atoms with Crippen LogP contribution in [0.3, 0.4) is 0 Å². The molecule has 0 bridgehead atoms. The second-order valence-corrected chi connectivity index (χ2v) is 4.23. The molecule has 0 aliphatic heterocycles. The predicted octanol–water partition coefficient (Wildman–Crippen LogP) is 1.93. The van der Waals surface area contributed by atoms with E-state index in [1.54, 1.807) is 12.4 Å². The Morgan fingerprint density at radius 1 is 1.36 bits per heavy atom. The molecule has 14 heavy (non-hydrogen) atoms. The number of rotatable bonds is 4. The quantitative estimate of drug-likeness (QED) is 0.716. The summed E-state index contributed by atoms with van der Waals surface area (Å²) in [6.45, 7) is 4.92. The van der Waals surface area contributed by atoms with Gasteiger partial charge >= 0.3 is 0 Å². The van der Waals surface area contributed by atoms with Crippen molar-refractivity contribution >= 4 is 11.6 Å². The lowest BCUT2D eigenvalue weighted by atomic mass is 10.1. The first-order valence-electron chi connectivity index (χ1n) is 4.59. The van der Waals surface area contributed by atoms with Crippen LogP contribution < -0.4 is 0 Å². The standard InChI is InChI=1S/C10H16ClN3/c1-10(2,8-11)14(3)7-9-12-5-4-6-13-9/h4-6H,7-8H2,1-3H3. The van der Waals surface area contributed by atoms with Gasteiger partial charge in [0, 0.05) is 23.8 Å². The molecule has 78 valence electrons. The van der Waals surface area contributed by atoms with Gasteiger partial charge in [0.15, 0.2) is 0 Å². The van der Waals surface area contributed by atoms with Gasteiger partial charge in [0.05, 0.1) is 6.54 Å². The molecule has 0 unspecified atom stereocenters. The van der Waals surface area contributed by atoms with Crippen molar-refractivity contribution in [2.24, 2.45) is 0 Å². The highest BCUT2D eigenvalue weighted by molar-refractivity contribution is 6.18. The summed E-state index contributed by atoms with van der Waals surface area (Å²) < 4.78 is 0. The van der Waals surface area contributed by atoms with Gasteiger partial charge in [-0.3, -0.25) is 4.90 Å². The Morgan fingerprint density at radius 2 is 1.93 bits per heavy atom. The Hall–Kier alpha value is -0.670. The molecule has 0 atom stereocenters. The van der Waals surface area contributed by atoms with E-state index < -0.39 is 0 Å². The highest BCUT2D eigenvalue weighted by Gasteiger charge is 2.22. The third kappa shape index (κ3) is 2.93. The van der Waals surface area contributed by atoms with Gasteiger partial charge in [-0.15, -0.1) is 11.6 Å². The van der Waals surface area contributed by atoms with Crippen LogP contribution in [-0.4, -0.2) is 33.3 Å². The van der Waals surface area contributed by atoms with Crippen molar-refractivity contribution in [1.29, 1.82) is 0 Å². The summed E-state index contributed by atoms with van der Waals surface area (Å²) >= 11 is 5.87. The van der Waals surface area contributed by atoms with Crippen LogP contribution in [0.15, 0.2) is 18.5 Å². The van der Waals surface area contributed by atoms with Gasteiger partial charge in [0.25, 0.3) is 0 Å². The van der Waals surface area contributed by atoms with Crippen molar-refractivity contribution in [3.63, 3.8) is 0 Å². The molecule has 1 rings (SSSR count). The van der Waals surface area contributed by atoms with Crippen LogP contribution in [0.2, 0.25) is 0 Å². The largest absolute Gasteiger partial charge is 0.293 e. The second-order valence-electron chi connectivity index (χ2n) is 3.97. The fourth-order valence-electron chi connectivity index (χ4n) is 0.940. The van der Waals surface area contributed by atoms with Crippen LogP contribution in [-0.2, 0) is 6.54 Å². The van der Waals surface area contributed by atoms with E-state index in [1.807, 2.05) is 13.1 Å². The molecule has 1 aromatic rings. The molecule has 0 radical (unpaired) electrons. The molecular formula is C10H16ClN3. The van der Waals surface area contributed by atoms with Crippen LogP contribution in [0, 0.1) is 0 Å². The van der Waals surface area contributed by atoms with E-state index in [1.165, 1.54) is 0 Å². The summed E-state index contributed by atoms with van der Waals surface area (Å²) in [6.07, 6.45) is 3.51. The molecule has 0 fully saturated rings. The maximum atomic E-state index is 5.87. The maximum absolute atomic E-state index is 5.87. The molecule has 0 aliphatic rings. The zero-order valence-corrected chi connectivity index (χ0v) is 9.62. The predicted molar refractivity (Wildman–Crippen MR) is 58.3 cm³/mol. The molecule has 0 spiro atoms. The third-order valence-electron chi connectivity index (χ3n) is 2.36. The van der Waals surface area contributed by atoms with Crippen LogP contribution >= 0.6 is 11.6 Å². The van der Waals surface area contributed by atoms with Crippen molar-refractivity contribution in [2.45, 2.75) is 25.9 Å². The average Bonchev–Trinajstić information content (AvgIpc) is 2.19. The SMILES string of the molecule is CN(Cc1ncccn1)C(C)(C)CCl. The lowest BCUT2D eigenvalue weighted by Gasteiger charge is -2.33. The summed E-state index contributed by atoms with van der Waals surface area (Å²) in [5, 5.41) is 0. The van der Waals surface area contributed by atoms with E-state index in [2.05, 4.69) is 28.7 Å². The molecule has 1 heterocycles. The Bertz CT molecular complexity index is 274. The Morgan fingerprint density at radius 3 is 2.43 bits per heavy atom. The summed E-state index contributed by atoms with van der Waals surface area (Å²) in [5.41, 5.74) is -0.0270. The minimum Gasteiger partial charge on any atom is -0.293 e. The van der Waals surface area contributed by atoms with Crippen LogP contribution in [0.25, 0.3) is 0 Å². The molecule has 4 heteroatoms. The molecule has 0 saturated heterocycles. The number of nitrogens with zero attached hydrogens (tertiary/aromatic N) is 3. The number of halogens is 1. The lowest BCUT2D eigenvalue weighted by Crippen LogP contribution is -2.42. The van der Waals surface area contributed by atoms with Crippen molar-refractivity contribution in [3.8, 4) is 0 Å². The Labute approximate surface area is 90.1 Å². The normalized spacial score (nSPS) is 12.1. The zero-order chi connectivity index (χ0) is 10.6. The van der Waals surface area contributed by atoms with Gasteiger partial charge in [0.2, 0.25) is 0 Å². The molecule has 0 saturated carbocycles. The number of alkyl halides is 1. The van der Waals surface area contributed by atoms with E-state index in [-0.39, 0.29) is 5.54 Å². The highest BCUT2D eigenvalue weighted by atomic mass is 35.5. The Balaban J connectivity index is 2.62. The van der Waals surface area contributed by atoms with Gasteiger partial charge in [0.1, 0.15) is 5.82 Å². The molecule has 3 nitrogen and oxygen atoms in total.